The van der Waals surface area contributed by atoms with Crippen LogP contribution in [-0.4, -0.2) is 42.5 Å². The van der Waals surface area contributed by atoms with Crippen LogP contribution in [0.3, 0.4) is 0 Å². The molecule has 1 heterocycles. The number of likely N-dealkylation sites (tertiary alicyclic amines) is 1. The molecule has 1 aromatic carbocycles. The molecular formula is C19H25F3N2O2. The normalized spacial score (nSPS) is 16.5. The minimum absolute atomic E-state index is 0.0107. The highest BCUT2D eigenvalue weighted by Gasteiger charge is 2.43. The lowest BCUT2D eigenvalue weighted by Gasteiger charge is -2.32. The second-order valence-corrected chi connectivity index (χ2v) is 7.77. The van der Waals surface area contributed by atoms with E-state index < -0.39 is 12.1 Å². The molecule has 1 N–H and O–H groups in total. The van der Waals surface area contributed by atoms with Crippen LogP contribution in [0.15, 0.2) is 24.3 Å². The van der Waals surface area contributed by atoms with Gasteiger partial charge in [0.15, 0.2) is 0 Å². The Balaban J connectivity index is 1.81. The Hall–Kier alpha value is -2.05. The monoisotopic (exact) mass is 370 g/mol. The highest BCUT2D eigenvalue weighted by atomic mass is 19.4. The van der Waals surface area contributed by atoms with Crippen molar-refractivity contribution in [3.8, 4) is 0 Å². The summed E-state index contributed by atoms with van der Waals surface area (Å²) >= 11 is 0. The fourth-order valence-corrected chi connectivity index (χ4v) is 2.98. The number of hydrogen-bond acceptors (Lipinski definition) is 2. The first-order valence-corrected chi connectivity index (χ1v) is 8.73. The van der Waals surface area contributed by atoms with Crippen molar-refractivity contribution in [3.63, 3.8) is 0 Å². The van der Waals surface area contributed by atoms with Crippen molar-refractivity contribution in [3.05, 3.63) is 35.4 Å². The molecule has 1 fully saturated rings. The number of nitrogens with zero attached hydrogens (tertiary/aromatic N) is 1. The largest absolute Gasteiger partial charge is 0.471 e. The van der Waals surface area contributed by atoms with Gasteiger partial charge in [0, 0.05) is 25.2 Å². The van der Waals surface area contributed by atoms with Crippen molar-refractivity contribution in [2.24, 2.45) is 5.92 Å². The average Bonchev–Trinajstić information content (AvgIpc) is 2.58. The number of rotatable bonds is 3. The number of piperidine rings is 1. The van der Waals surface area contributed by atoms with Gasteiger partial charge in [-0.25, -0.2) is 0 Å². The van der Waals surface area contributed by atoms with Crippen LogP contribution in [0.5, 0.6) is 0 Å². The summed E-state index contributed by atoms with van der Waals surface area (Å²) in [6.07, 6.45) is -3.92. The lowest BCUT2D eigenvalue weighted by atomic mass is 9.86. The van der Waals surface area contributed by atoms with Crippen molar-refractivity contribution in [2.75, 3.05) is 19.6 Å². The molecule has 1 aromatic rings. The summed E-state index contributed by atoms with van der Waals surface area (Å²) in [4.78, 5) is 24.3. The topological polar surface area (TPSA) is 49.4 Å². The Morgan fingerprint density at radius 1 is 1.08 bits per heavy atom. The standard InChI is InChI=1S/C19H25F3N2O2/c1-18(2,3)15-6-4-14(5-7-15)16(25)23-12-13-8-10-24(11-9-13)17(26)19(20,21)22/h4-7,13H,8-12H2,1-3H3,(H,23,25). The fourth-order valence-electron chi connectivity index (χ4n) is 2.98. The van der Waals surface area contributed by atoms with Crippen molar-refractivity contribution in [1.82, 2.24) is 10.2 Å². The first-order chi connectivity index (χ1) is 12.0. The van der Waals surface area contributed by atoms with Crippen LogP contribution >= 0.6 is 0 Å². The number of benzene rings is 1. The summed E-state index contributed by atoms with van der Waals surface area (Å²) in [5, 5.41) is 2.84. The Morgan fingerprint density at radius 3 is 2.08 bits per heavy atom. The van der Waals surface area contributed by atoms with Crippen LogP contribution in [-0.2, 0) is 10.2 Å². The molecule has 0 bridgehead atoms. The van der Waals surface area contributed by atoms with Crippen LogP contribution in [0.4, 0.5) is 13.2 Å². The molecule has 2 rings (SSSR count). The van der Waals surface area contributed by atoms with Crippen LogP contribution in [0.25, 0.3) is 0 Å². The van der Waals surface area contributed by atoms with E-state index >= 15 is 0 Å². The molecule has 4 nitrogen and oxygen atoms in total. The first-order valence-electron chi connectivity index (χ1n) is 8.73. The molecule has 144 valence electrons. The molecule has 7 heteroatoms. The number of carbonyl (C=O) groups excluding carboxylic acids is 2. The first kappa shape index (κ1) is 20.3. The zero-order valence-electron chi connectivity index (χ0n) is 15.3. The highest BCUT2D eigenvalue weighted by molar-refractivity contribution is 5.94. The lowest BCUT2D eigenvalue weighted by molar-refractivity contribution is -0.186. The molecular weight excluding hydrogens is 345 g/mol. The van der Waals surface area contributed by atoms with E-state index in [2.05, 4.69) is 26.1 Å². The number of alkyl halides is 3. The zero-order valence-corrected chi connectivity index (χ0v) is 15.3. The molecule has 0 radical (unpaired) electrons. The minimum atomic E-state index is -4.82. The van der Waals surface area contributed by atoms with Crippen LogP contribution in [0.2, 0.25) is 0 Å². The highest BCUT2D eigenvalue weighted by Crippen LogP contribution is 2.24. The van der Waals surface area contributed by atoms with Gasteiger partial charge in [0.1, 0.15) is 0 Å². The van der Waals surface area contributed by atoms with Crippen molar-refractivity contribution >= 4 is 11.8 Å². The lowest BCUT2D eigenvalue weighted by Crippen LogP contribution is -2.46. The van der Waals surface area contributed by atoms with E-state index in [1.165, 1.54) is 0 Å². The Bertz CT molecular complexity index is 640. The van der Waals surface area contributed by atoms with E-state index in [4.69, 9.17) is 0 Å². The van der Waals surface area contributed by atoms with Crippen LogP contribution in [0, 0.1) is 5.92 Å². The maximum atomic E-state index is 12.4. The van der Waals surface area contributed by atoms with Crippen molar-refractivity contribution in [1.29, 1.82) is 0 Å². The summed E-state index contributed by atoms with van der Waals surface area (Å²) in [6, 6.07) is 7.41. The van der Waals surface area contributed by atoms with Gasteiger partial charge in [0.25, 0.3) is 5.91 Å². The molecule has 1 aliphatic heterocycles. The molecule has 0 atom stereocenters. The third-order valence-corrected chi connectivity index (χ3v) is 4.71. The third kappa shape index (κ3) is 5.22. The number of hydrogen-bond donors (Lipinski definition) is 1. The molecule has 2 amide bonds. The Morgan fingerprint density at radius 2 is 1.62 bits per heavy atom. The van der Waals surface area contributed by atoms with Gasteiger partial charge in [-0.2, -0.15) is 13.2 Å². The van der Waals surface area contributed by atoms with Gasteiger partial charge in [-0.3, -0.25) is 9.59 Å². The maximum Gasteiger partial charge on any atom is 0.471 e. The molecule has 0 unspecified atom stereocenters. The summed E-state index contributed by atoms with van der Waals surface area (Å²) in [6.45, 7) is 6.82. The molecule has 0 spiro atoms. The second kappa shape index (κ2) is 7.68. The molecule has 1 saturated heterocycles. The number of carbonyl (C=O) groups is 2. The molecule has 1 aliphatic rings. The number of amides is 2. The third-order valence-electron chi connectivity index (χ3n) is 4.71. The Kier molecular flexibility index (Phi) is 5.98. The van der Waals surface area contributed by atoms with Gasteiger partial charge < -0.3 is 10.2 Å². The van der Waals surface area contributed by atoms with Crippen LogP contribution < -0.4 is 5.32 Å². The van der Waals surface area contributed by atoms with Gasteiger partial charge in [-0.15, -0.1) is 0 Å². The van der Waals surface area contributed by atoms with E-state index in [1.807, 2.05) is 12.1 Å². The number of nitrogens with one attached hydrogen (secondary N) is 1. The predicted molar refractivity (Wildman–Crippen MR) is 92.8 cm³/mol. The van der Waals surface area contributed by atoms with E-state index in [0.29, 0.717) is 24.9 Å². The van der Waals surface area contributed by atoms with Gasteiger partial charge >= 0.3 is 12.1 Å². The van der Waals surface area contributed by atoms with E-state index in [-0.39, 0.29) is 30.3 Å². The van der Waals surface area contributed by atoms with Gasteiger partial charge in [-0.1, -0.05) is 32.9 Å². The zero-order chi connectivity index (χ0) is 19.5. The van der Waals surface area contributed by atoms with Gasteiger partial charge in [0.2, 0.25) is 0 Å². The van der Waals surface area contributed by atoms with Crippen LogP contribution in [0.1, 0.15) is 49.5 Å². The summed E-state index contributed by atoms with van der Waals surface area (Å²) in [5.41, 5.74) is 1.70. The SMILES string of the molecule is CC(C)(C)c1ccc(C(=O)NCC2CCN(C(=O)C(F)(F)F)CC2)cc1. The smallest absolute Gasteiger partial charge is 0.352 e. The predicted octanol–water partition coefficient (Wildman–Crippen LogP) is 3.51. The van der Waals surface area contributed by atoms with Gasteiger partial charge in [-0.05, 0) is 41.9 Å². The van der Waals surface area contributed by atoms with E-state index in [9.17, 15) is 22.8 Å². The summed E-state index contributed by atoms with van der Waals surface area (Å²) in [5.74, 6) is -1.90. The molecule has 0 aromatic heterocycles. The Labute approximate surface area is 151 Å². The van der Waals surface area contributed by atoms with E-state index in [0.717, 1.165) is 10.5 Å². The van der Waals surface area contributed by atoms with E-state index in [1.54, 1.807) is 12.1 Å². The summed E-state index contributed by atoms with van der Waals surface area (Å²) in [7, 11) is 0. The average molecular weight is 370 g/mol. The van der Waals surface area contributed by atoms with Crippen molar-refractivity contribution < 1.29 is 22.8 Å². The summed E-state index contributed by atoms with van der Waals surface area (Å²) < 4.78 is 37.3. The molecule has 0 aliphatic carbocycles. The molecule has 26 heavy (non-hydrogen) atoms. The fraction of sp³-hybridized carbons (Fsp3) is 0.579. The quantitative estimate of drug-likeness (QED) is 0.885. The second-order valence-electron chi connectivity index (χ2n) is 7.77. The minimum Gasteiger partial charge on any atom is -0.352 e. The molecule has 0 saturated carbocycles. The maximum absolute atomic E-state index is 12.4. The van der Waals surface area contributed by atoms with Gasteiger partial charge in [0.05, 0.1) is 0 Å². The number of halogens is 3. The van der Waals surface area contributed by atoms with Crippen molar-refractivity contribution in [2.45, 2.75) is 45.2 Å².